The highest BCUT2D eigenvalue weighted by molar-refractivity contribution is 6.37. The second-order valence-corrected chi connectivity index (χ2v) is 5.74. The Labute approximate surface area is 121 Å². The molecule has 1 aromatic heterocycles. The summed E-state index contributed by atoms with van der Waals surface area (Å²) in [4.78, 5) is 12.0. The van der Waals surface area contributed by atoms with E-state index in [1.54, 1.807) is 29.1 Å². The van der Waals surface area contributed by atoms with Gasteiger partial charge >= 0.3 is 0 Å². The maximum Gasteiger partial charge on any atom is 0.166 e. The second kappa shape index (κ2) is 4.66. The first-order chi connectivity index (χ1) is 9.08. The molecule has 0 amide bonds. The van der Waals surface area contributed by atoms with Gasteiger partial charge in [-0.15, -0.1) is 0 Å². The Hall–Kier alpha value is -1.32. The van der Waals surface area contributed by atoms with Crippen LogP contribution in [0.3, 0.4) is 0 Å². The molecule has 19 heavy (non-hydrogen) atoms. The van der Waals surface area contributed by atoms with Crippen molar-refractivity contribution in [3.63, 3.8) is 0 Å². The van der Waals surface area contributed by atoms with Crippen molar-refractivity contribution in [2.45, 2.75) is 19.8 Å². The van der Waals surface area contributed by atoms with Gasteiger partial charge in [-0.2, -0.15) is 5.10 Å². The molecule has 0 spiro atoms. The lowest BCUT2D eigenvalue weighted by Crippen LogP contribution is -2.19. The van der Waals surface area contributed by atoms with Gasteiger partial charge in [-0.25, -0.2) is 4.68 Å². The number of halogens is 2. The van der Waals surface area contributed by atoms with Gasteiger partial charge in [0.05, 0.1) is 27.5 Å². The molecule has 0 fully saturated rings. The molecule has 5 heteroatoms. The number of aromatic nitrogens is 2. The van der Waals surface area contributed by atoms with E-state index in [0.29, 0.717) is 33.6 Å². The molecule has 98 valence electrons. The minimum atomic E-state index is 0.142. The third kappa shape index (κ3) is 2.07. The van der Waals surface area contributed by atoms with Crippen LogP contribution in [0.15, 0.2) is 24.4 Å². The van der Waals surface area contributed by atoms with E-state index in [4.69, 9.17) is 23.2 Å². The number of benzene rings is 1. The number of hydrogen-bond donors (Lipinski definition) is 0. The van der Waals surface area contributed by atoms with Gasteiger partial charge < -0.3 is 0 Å². The molecule has 3 nitrogen and oxygen atoms in total. The highest BCUT2D eigenvalue weighted by Crippen LogP contribution is 2.33. The van der Waals surface area contributed by atoms with Crippen LogP contribution < -0.4 is 0 Å². The number of carbonyl (C=O) groups excluding carboxylic acids is 1. The Morgan fingerprint density at radius 1 is 1.26 bits per heavy atom. The molecule has 1 heterocycles. The van der Waals surface area contributed by atoms with Crippen LogP contribution in [0, 0.1) is 5.92 Å². The molecule has 0 N–H and O–H groups in total. The maximum atomic E-state index is 12.0. The molecule has 0 saturated heterocycles. The van der Waals surface area contributed by atoms with E-state index in [2.05, 4.69) is 12.0 Å². The average Bonchev–Trinajstić information content (AvgIpc) is 2.73. The first-order valence-corrected chi connectivity index (χ1v) is 6.88. The summed E-state index contributed by atoms with van der Waals surface area (Å²) in [5, 5.41) is 5.36. The van der Waals surface area contributed by atoms with E-state index in [-0.39, 0.29) is 5.78 Å². The zero-order chi connectivity index (χ0) is 13.6. The third-order valence-corrected chi connectivity index (χ3v) is 4.00. The van der Waals surface area contributed by atoms with Crippen LogP contribution in [0.1, 0.15) is 29.4 Å². The van der Waals surface area contributed by atoms with Crippen molar-refractivity contribution < 1.29 is 4.79 Å². The minimum absolute atomic E-state index is 0.142. The van der Waals surface area contributed by atoms with Gasteiger partial charge in [0.1, 0.15) is 5.69 Å². The van der Waals surface area contributed by atoms with Crippen LogP contribution in [0.25, 0.3) is 5.69 Å². The first-order valence-electron chi connectivity index (χ1n) is 6.12. The molecule has 1 aliphatic rings. The van der Waals surface area contributed by atoms with Gasteiger partial charge in [0.2, 0.25) is 0 Å². The number of carbonyl (C=O) groups is 1. The van der Waals surface area contributed by atoms with Gasteiger partial charge in [0, 0.05) is 6.42 Å². The van der Waals surface area contributed by atoms with Gasteiger partial charge in [0.15, 0.2) is 5.78 Å². The molecular weight excluding hydrogens is 283 g/mol. The maximum absolute atomic E-state index is 12.0. The zero-order valence-corrected chi connectivity index (χ0v) is 11.9. The molecule has 0 radical (unpaired) electrons. The fourth-order valence-corrected chi connectivity index (χ4v) is 3.07. The highest BCUT2D eigenvalue weighted by atomic mass is 35.5. The predicted molar refractivity (Wildman–Crippen MR) is 75.4 cm³/mol. The highest BCUT2D eigenvalue weighted by Gasteiger charge is 2.27. The monoisotopic (exact) mass is 294 g/mol. The largest absolute Gasteiger partial charge is 0.294 e. The fraction of sp³-hybridized carbons (Fsp3) is 0.286. The summed E-state index contributed by atoms with van der Waals surface area (Å²) in [5.74, 6) is 0.458. The molecule has 1 atom stereocenters. The standard InChI is InChI=1S/C14H12Cl2N2O/c1-8-5-12-9(13(19)6-8)7-17-18(12)14-10(15)3-2-4-11(14)16/h2-4,7-8H,5-6H2,1H3. The molecular formula is C14H12Cl2N2O. The smallest absolute Gasteiger partial charge is 0.166 e. The quantitative estimate of drug-likeness (QED) is 0.798. The summed E-state index contributed by atoms with van der Waals surface area (Å²) in [6.45, 7) is 2.06. The van der Waals surface area contributed by atoms with E-state index >= 15 is 0 Å². The fourth-order valence-electron chi connectivity index (χ4n) is 2.52. The van der Waals surface area contributed by atoms with E-state index in [1.807, 2.05) is 0 Å². The van der Waals surface area contributed by atoms with Crippen LogP contribution >= 0.6 is 23.2 Å². The molecule has 1 aliphatic carbocycles. The van der Waals surface area contributed by atoms with Crippen molar-refractivity contribution in [1.29, 1.82) is 0 Å². The van der Waals surface area contributed by atoms with Gasteiger partial charge in [-0.3, -0.25) is 4.79 Å². The lowest BCUT2D eigenvalue weighted by Gasteiger charge is -2.19. The molecule has 1 unspecified atom stereocenters. The molecule has 3 rings (SSSR count). The summed E-state index contributed by atoms with van der Waals surface area (Å²) in [7, 11) is 0. The predicted octanol–water partition coefficient (Wildman–Crippen LogP) is 3.94. The lowest BCUT2D eigenvalue weighted by molar-refractivity contribution is 0.0952. The van der Waals surface area contributed by atoms with Crippen molar-refractivity contribution in [3.05, 3.63) is 45.7 Å². The second-order valence-electron chi connectivity index (χ2n) is 4.92. The lowest BCUT2D eigenvalue weighted by atomic mass is 9.88. The van der Waals surface area contributed by atoms with Gasteiger partial charge in [0.25, 0.3) is 0 Å². The van der Waals surface area contributed by atoms with Crippen molar-refractivity contribution >= 4 is 29.0 Å². The van der Waals surface area contributed by atoms with Gasteiger partial charge in [-0.05, 0) is 24.5 Å². The first kappa shape index (κ1) is 12.7. The van der Waals surface area contributed by atoms with Crippen molar-refractivity contribution in [2.75, 3.05) is 0 Å². The van der Waals surface area contributed by atoms with Crippen LogP contribution in [0.5, 0.6) is 0 Å². The van der Waals surface area contributed by atoms with Crippen LogP contribution in [-0.4, -0.2) is 15.6 Å². The number of nitrogens with zero attached hydrogens (tertiary/aromatic N) is 2. The summed E-state index contributed by atoms with van der Waals surface area (Å²) in [6, 6.07) is 5.33. The summed E-state index contributed by atoms with van der Waals surface area (Å²) < 4.78 is 1.70. The Kier molecular flexibility index (Phi) is 3.11. The van der Waals surface area contributed by atoms with Crippen molar-refractivity contribution in [2.24, 2.45) is 5.92 Å². The Balaban J connectivity index is 2.21. The van der Waals surface area contributed by atoms with E-state index in [1.165, 1.54) is 0 Å². The van der Waals surface area contributed by atoms with Crippen LogP contribution in [0.2, 0.25) is 10.0 Å². The van der Waals surface area contributed by atoms with E-state index < -0.39 is 0 Å². The molecule has 0 bridgehead atoms. The summed E-state index contributed by atoms with van der Waals surface area (Å²) in [5.41, 5.74) is 2.24. The SMILES string of the molecule is CC1CC(=O)c2cnn(-c3c(Cl)cccc3Cl)c2C1. The third-order valence-electron chi connectivity index (χ3n) is 3.39. The van der Waals surface area contributed by atoms with E-state index in [9.17, 15) is 4.79 Å². The summed E-state index contributed by atoms with van der Waals surface area (Å²) >= 11 is 12.4. The summed E-state index contributed by atoms with van der Waals surface area (Å²) in [6.07, 6.45) is 3.00. The molecule has 1 aromatic carbocycles. The number of ketones is 1. The van der Waals surface area contributed by atoms with Gasteiger partial charge in [-0.1, -0.05) is 36.2 Å². The molecule has 0 saturated carbocycles. The topological polar surface area (TPSA) is 34.9 Å². The Bertz CT molecular complexity index is 643. The normalized spacial score (nSPS) is 18.5. The average molecular weight is 295 g/mol. The number of fused-ring (bicyclic) bond motifs is 1. The molecule has 2 aromatic rings. The van der Waals surface area contributed by atoms with Crippen LogP contribution in [0.4, 0.5) is 0 Å². The number of para-hydroxylation sites is 1. The molecule has 0 aliphatic heterocycles. The zero-order valence-electron chi connectivity index (χ0n) is 10.4. The number of Topliss-reactive ketones (excluding diaryl/α,β-unsaturated/α-hetero) is 1. The number of rotatable bonds is 1. The van der Waals surface area contributed by atoms with Crippen molar-refractivity contribution in [3.8, 4) is 5.69 Å². The van der Waals surface area contributed by atoms with Crippen molar-refractivity contribution in [1.82, 2.24) is 9.78 Å². The van der Waals surface area contributed by atoms with Crippen LogP contribution in [-0.2, 0) is 6.42 Å². The Morgan fingerprint density at radius 3 is 2.63 bits per heavy atom. The minimum Gasteiger partial charge on any atom is -0.294 e. The Morgan fingerprint density at radius 2 is 1.95 bits per heavy atom. The number of hydrogen-bond acceptors (Lipinski definition) is 2. The van der Waals surface area contributed by atoms with E-state index in [0.717, 1.165) is 12.1 Å².